The third-order valence-corrected chi connectivity index (χ3v) is 5.39. The summed E-state index contributed by atoms with van der Waals surface area (Å²) in [5, 5.41) is 3.03. The van der Waals surface area contributed by atoms with Gasteiger partial charge in [-0.1, -0.05) is 26.7 Å². The molecule has 0 bridgehead atoms. The summed E-state index contributed by atoms with van der Waals surface area (Å²) < 4.78 is 27.0. The van der Waals surface area contributed by atoms with Gasteiger partial charge in [-0.3, -0.25) is 0 Å². The molecule has 1 atom stereocenters. The minimum atomic E-state index is -3.11. The maximum Gasteiger partial charge on any atom is 0.211 e. The van der Waals surface area contributed by atoms with Crippen LogP contribution in [-0.4, -0.2) is 33.8 Å². The van der Waals surface area contributed by atoms with Gasteiger partial charge < -0.3 is 5.32 Å². The Labute approximate surface area is 112 Å². The number of rotatable bonds is 7. The zero-order valence-corrected chi connectivity index (χ0v) is 12.8. The zero-order valence-electron chi connectivity index (χ0n) is 12.0. The van der Waals surface area contributed by atoms with Crippen molar-refractivity contribution in [2.24, 2.45) is 5.41 Å². The van der Waals surface area contributed by atoms with Crippen molar-refractivity contribution in [1.29, 1.82) is 0 Å². The van der Waals surface area contributed by atoms with E-state index in [-0.39, 0.29) is 17.2 Å². The average Bonchev–Trinajstić information content (AvgIpc) is 2.27. The van der Waals surface area contributed by atoms with Crippen molar-refractivity contribution in [2.75, 3.05) is 19.3 Å². The van der Waals surface area contributed by atoms with Crippen LogP contribution in [0.4, 0.5) is 0 Å². The molecule has 0 amide bonds. The molecule has 1 saturated carbocycles. The molecule has 4 nitrogen and oxygen atoms in total. The highest BCUT2D eigenvalue weighted by Crippen LogP contribution is 2.35. The predicted octanol–water partition coefficient (Wildman–Crippen LogP) is 1.87. The molecule has 0 aromatic heterocycles. The Bertz CT molecular complexity index is 339. The topological polar surface area (TPSA) is 58.2 Å². The first-order valence-corrected chi connectivity index (χ1v) is 8.67. The number of hydrogen-bond donors (Lipinski definition) is 2. The normalized spacial score (nSPS) is 24.1. The maximum absolute atomic E-state index is 12.0. The lowest BCUT2D eigenvalue weighted by Crippen LogP contribution is -2.47. The Morgan fingerprint density at radius 3 is 2.56 bits per heavy atom. The second-order valence-electron chi connectivity index (χ2n) is 6.03. The van der Waals surface area contributed by atoms with Gasteiger partial charge in [-0.05, 0) is 44.7 Å². The molecule has 18 heavy (non-hydrogen) atoms. The van der Waals surface area contributed by atoms with E-state index in [2.05, 4.69) is 23.9 Å². The molecule has 2 N–H and O–H groups in total. The summed E-state index contributed by atoms with van der Waals surface area (Å²) in [6.45, 7) is 5.21. The maximum atomic E-state index is 12.0. The van der Waals surface area contributed by atoms with Gasteiger partial charge >= 0.3 is 0 Å². The first kappa shape index (κ1) is 15.9. The molecule has 5 heteroatoms. The van der Waals surface area contributed by atoms with E-state index in [1.807, 2.05) is 7.05 Å². The van der Waals surface area contributed by atoms with Crippen LogP contribution in [0.1, 0.15) is 52.4 Å². The molecular weight excluding hydrogens is 248 g/mol. The van der Waals surface area contributed by atoms with Crippen LogP contribution in [0.5, 0.6) is 0 Å². The van der Waals surface area contributed by atoms with E-state index in [1.54, 1.807) is 0 Å². The Morgan fingerprint density at radius 2 is 1.94 bits per heavy atom. The Balaban J connectivity index is 2.43. The summed E-state index contributed by atoms with van der Waals surface area (Å²) in [7, 11) is -1.22. The monoisotopic (exact) mass is 276 g/mol. The van der Waals surface area contributed by atoms with Gasteiger partial charge in [0.25, 0.3) is 0 Å². The summed E-state index contributed by atoms with van der Waals surface area (Å²) in [6, 6.07) is 0.112. The van der Waals surface area contributed by atoms with Gasteiger partial charge in [0.2, 0.25) is 10.0 Å². The summed E-state index contributed by atoms with van der Waals surface area (Å²) in [5.74, 6) is 0.251. The molecule has 1 aliphatic carbocycles. The van der Waals surface area contributed by atoms with Gasteiger partial charge in [0.15, 0.2) is 0 Å². The van der Waals surface area contributed by atoms with Crippen LogP contribution in [0.25, 0.3) is 0 Å². The highest BCUT2D eigenvalue weighted by atomic mass is 32.2. The van der Waals surface area contributed by atoms with Crippen molar-refractivity contribution in [1.82, 2.24) is 10.0 Å². The van der Waals surface area contributed by atoms with Crippen LogP contribution in [0.2, 0.25) is 0 Å². The Kier molecular flexibility index (Phi) is 6.08. The fourth-order valence-electron chi connectivity index (χ4n) is 2.58. The predicted molar refractivity (Wildman–Crippen MR) is 76.1 cm³/mol. The summed E-state index contributed by atoms with van der Waals surface area (Å²) in [6.07, 6.45) is 6.07. The standard InChI is InChI=1S/C13H28N2O2S/c1-13(2)9-5-4-8-12(13)15-18(16,17)11-7-6-10-14-3/h12,14-15H,4-11H2,1-3H3. The quantitative estimate of drug-likeness (QED) is 0.698. The average molecular weight is 276 g/mol. The van der Waals surface area contributed by atoms with E-state index in [1.165, 1.54) is 6.42 Å². The van der Waals surface area contributed by atoms with E-state index in [9.17, 15) is 8.42 Å². The molecule has 1 unspecified atom stereocenters. The third-order valence-electron chi connectivity index (χ3n) is 3.92. The SMILES string of the molecule is CNCCCCS(=O)(=O)NC1CCCCC1(C)C. The van der Waals surface area contributed by atoms with E-state index in [4.69, 9.17) is 0 Å². The first-order chi connectivity index (χ1) is 8.37. The van der Waals surface area contributed by atoms with Gasteiger partial charge in [0.1, 0.15) is 0 Å². The second kappa shape index (κ2) is 6.87. The lowest BCUT2D eigenvalue weighted by atomic mass is 9.74. The zero-order chi connectivity index (χ0) is 13.6. The molecule has 1 fully saturated rings. The van der Waals surface area contributed by atoms with E-state index in [0.717, 1.165) is 38.6 Å². The molecule has 0 aromatic rings. The van der Waals surface area contributed by atoms with Crippen molar-refractivity contribution in [3.05, 3.63) is 0 Å². The molecule has 108 valence electrons. The van der Waals surface area contributed by atoms with Crippen LogP contribution in [0.3, 0.4) is 0 Å². The van der Waals surface area contributed by atoms with E-state index < -0.39 is 10.0 Å². The van der Waals surface area contributed by atoms with Gasteiger partial charge in [0.05, 0.1) is 5.75 Å². The van der Waals surface area contributed by atoms with Gasteiger partial charge in [-0.25, -0.2) is 13.1 Å². The van der Waals surface area contributed by atoms with E-state index in [0.29, 0.717) is 0 Å². The van der Waals surface area contributed by atoms with Gasteiger partial charge in [-0.15, -0.1) is 0 Å². The van der Waals surface area contributed by atoms with Crippen LogP contribution in [0.15, 0.2) is 0 Å². The minimum absolute atomic E-state index is 0.0935. The molecule has 0 radical (unpaired) electrons. The van der Waals surface area contributed by atoms with Crippen molar-refractivity contribution >= 4 is 10.0 Å². The van der Waals surface area contributed by atoms with Crippen molar-refractivity contribution in [3.63, 3.8) is 0 Å². The van der Waals surface area contributed by atoms with Gasteiger partial charge in [0, 0.05) is 6.04 Å². The first-order valence-electron chi connectivity index (χ1n) is 7.02. The molecule has 0 saturated heterocycles. The molecule has 0 heterocycles. The van der Waals surface area contributed by atoms with Crippen LogP contribution < -0.4 is 10.0 Å². The Hall–Kier alpha value is -0.130. The fraction of sp³-hybridized carbons (Fsp3) is 1.00. The lowest BCUT2D eigenvalue weighted by Gasteiger charge is -2.38. The van der Waals surface area contributed by atoms with Crippen molar-refractivity contribution in [2.45, 2.75) is 58.4 Å². The highest BCUT2D eigenvalue weighted by Gasteiger charge is 2.34. The van der Waals surface area contributed by atoms with Crippen molar-refractivity contribution in [3.8, 4) is 0 Å². The van der Waals surface area contributed by atoms with Crippen LogP contribution >= 0.6 is 0 Å². The molecular formula is C13H28N2O2S. The van der Waals surface area contributed by atoms with Crippen LogP contribution in [0, 0.1) is 5.41 Å². The van der Waals surface area contributed by atoms with Gasteiger partial charge in [-0.2, -0.15) is 0 Å². The Morgan fingerprint density at radius 1 is 1.22 bits per heavy atom. The third kappa shape index (κ3) is 5.24. The number of sulfonamides is 1. The molecule has 0 spiro atoms. The largest absolute Gasteiger partial charge is 0.320 e. The highest BCUT2D eigenvalue weighted by molar-refractivity contribution is 7.89. The molecule has 1 rings (SSSR count). The molecule has 0 aliphatic heterocycles. The van der Waals surface area contributed by atoms with Crippen LogP contribution in [-0.2, 0) is 10.0 Å². The number of nitrogens with one attached hydrogen (secondary N) is 2. The second-order valence-corrected chi connectivity index (χ2v) is 7.91. The summed E-state index contributed by atoms with van der Waals surface area (Å²) in [5.41, 5.74) is 0.0935. The molecule has 0 aromatic carbocycles. The lowest BCUT2D eigenvalue weighted by molar-refractivity contribution is 0.188. The molecule has 1 aliphatic rings. The van der Waals surface area contributed by atoms with Crippen molar-refractivity contribution < 1.29 is 8.42 Å². The van der Waals surface area contributed by atoms with E-state index >= 15 is 0 Å². The minimum Gasteiger partial charge on any atom is -0.320 e. The summed E-state index contributed by atoms with van der Waals surface area (Å²) in [4.78, 5) is 0. The number of hydrogen-bond acceptors (Lipinski definition) is 3. The fourth-order valence-corrected chi connectivity index (χ4v) is 4.15. The summed E-state index contributed by atoms with van der Waals surface area (Å²) >= 11 is 0. The number of unbranched alkanes of at least 4 members (excludes halogenated alkanes) is 1. The smallest absolute Gasteiger partial charge is 0.211 e.